The fourth-order valence-corrected chi connectivity index (χ4v) is 3.21. The summed E-state index contributed by atoms with van der Waals surface area (Å²) in [5, 5.41) is 1.19. The van der Waals surface area contributed by atoms with Crippen LogP contribution in [-0.2, 0) is 6.42 Å². The minimum Gasteiger partial charge on any atom is -0.353 e. The molecule has 4 heteroatoms. The fourth-order valence-electron chi connectivity index (χ4n) is 2.94. The van der Waals surface area contributed by atoms with Crippen LogP contribution in [0, 0.1) is 0 Å². The molecule has 0 aliphatic carbocycles. The second-order valence-electron chi connectivity index (χ2n) is 5.34. The van der Waals surface area contributed by atoms with Crippen molar-refractivity contribution in [2.75, 3.05) is 6.54 Å². The predicted molar refractivity (Wildman–Crippen MR) is 91.9 cm³/mol. The fraction of sp³-hybridized carbons (Fsp3) is 0.111. The lowest BCUT2D eigenvalue weighted by atomic mass is 9.97. The molecule has 2 heterocycles. The number of halogens is 1. The van der Waals surface area contributed by atoms with Gasteiger partial charge in [0, 0.05) is 27.5 Å². The van der Waals surface area contributed by atoms with E-state index in [1.807, 2.05) is 42.5 Å². The van der Waals surface area contributed by atoms with Gasteiger partial charge in [-0.1, -0.05) is 34.1 Å². The summed E-state index contributed by atoms with van der Waals surface area (Å²) >= 11 is 3.39. The van der Waals surface area contributed by atoms with Crippen molar-refractivity contribution in [3.63, 3.8) is 0 Å². The van der Waals surface area contributed by atoms with E-state index in [9.17, 15) is 4.79 Å². The summed E-state index contributed by atoms with van der Waals surface area (Å²) in [7, 11) is 0. The van der Waals surface area contributed by atoms with Gasteiger partial charge in [-0.05, 0) is 42.3 Å². The van der Waals surface area contributed by atoms with Crippen LogP contribution in [0.4, 0.5) is 0 Å². The quantitative estimate of drug-likeness (QED) is 0.691. The Labute approximate surface area is 136 Å². The second kappa shape index (κ2) is 5.21. The molecule has 0 unspecified atom stereocenters. The first-order valence-corrected chi connectivity index (χ1v) is 7.98. The van der Waals surface area contributed by atoms with Crippen molar-refractivity contribution in [3.8, 4) is 0 Å². The van der Waals surface area contributed by atoms with Crippen LogP contribution in [0.2, 0.25) is 0 Å². The van der Waals surface area contributed by atoms with Crippen LogP contribution in [0.25, 0.3) is 10.9 Å². The van der Waals surface area contributed by atoms with Crippen LogP contribution in [-0.4, -0.2) is 23.0 Å². The maximum Gasteiger partial charge on any atom is 0.213 e. The van der Waals surface area contributed by atoms with E-state index in [0.29, 0.717) is 17.8 Å². The number of H-pyrrole nitrogens is 1. The molecule has 0 amide bonds. The highest BCUT2D eigenvalue weighted by Gasteiger charge is 2.25. The summed E-state index contributed by atoms with van der Waals surface area (Å²) in [6.07, 6.45) is 0.871. The number of para-hydroxylation sites is 1. The smallest absolute Gasteiger partial charge is 0.213 e. The van der Waals surface area contributed by atoms with Gasteiger partial charge in [-0.25, -0.2) is 0 Å². The molecule has 2 aromatic carbocycles. The third-order valence-electron chi connectivity index (χ3n) is 4.00. The number of Topliss-reactive ketones (excluding diaryl/α,β-unsaturated/α-hetero) is 1. The van der Waals surface area contributed by atoms with E-state index in [0.717, 1.165) is 22.1 Å². The summed E-state index contributed by atoms with van der Waals surface area (Å²) in [5.74, 6) is -0.0278. The Hall–Kier alpha value is -2.20. The molecule has 0 saturated carbocycles. The van der Waals surface area contributed by atoms with Crippen molar-refractivity contribution < 1.29 is 4.79 Å². The highest BCUT2D eigenvalue weighted by Crippen LogP contribution is 2.27. The number of hydrogen-bond acceptors (Lipinski definition) is 2. The number of aromatic amines is 1. The Morgan fingerprint density at radius 3 is 2.68 bits per heavy atom. The zero-order chi connectivity index (χ0) is 15.1. The average molecular weight is 353 g/mol. The molecule has 0 fully saturated rings. The molecule has 0 bridgehead atoms. The van der Waals surface area contributed by atoms with Crippen LogP contribution in [0.3, 0.4) is 0 Å². The molecule has 0 saturated heterocycles. The van der Waals surface area contributed by atoms with E-state index >= 15 is 0 Å². The number of aliphatic imine (C=N–C) groups is 1. The van der Waals surface area contributed by atoms with Crippen LogP contribution >= 0.6 is 15.9 Å². The number of ketones is 1. The van der Waals surface area contributed by atoms with Gasteiger partial charge in [0.2, 0.25) is 5.78 Å². The van der Waals surface area contributed by atoms with Crippen molar-refractivity contribution in [3.05, 3.63) is 69.8 Å². The lowest BCUT2D eigenvalue weighted by Gasteiger charge is -2.12. The highest BCUT2D eigenvalue weighted by atomic mass is 79.9. The van der Waals surface area contributed by atoms with Crippen LogP contribution in [0.15, 0.2) is 58.0 Å². The summed E-state index contributed by atoms with van der Waals surface area (Å²) < 4.78 is 0.959. The number of hydrogen-bond donors (Lipinski definition) is 1. The lowest BCUT2D eigenvalue weighted by Crippen LogP contribution is -2.22. The third-order valence-corrected chi connectivity index (χ3v) is 4.53. The van der Waals surface area contributed by atoms with Crippen molar-refractivity contribution in [1.82, 2.24) is 4.98 Å². The Bertz CT molecular complexity index is 906. The standard InChI is InChI=1S/C18H13BrN2O/c19-12-7-5-11(6-8-12)18(22)17-16-14(9-10-20-17)13-3-1-2-4-15(13)21-16/h1-8,21H,9-10H2. The molecule has 1 aliphatic rings. The van der Waals surface area contributed by atoms with E-state index in [1.54, 1.807) is 0 Å². The number of nitrogens with zero attached hydrogens (tertiary/aromatic N) is 1. The Morgan fingerprint density at radius 2 is 1.86 bits per heavy atom. The molecule has 1 aliphatic heterocycles. The number of benzene rings is 2. The van der Waals surface area contributed by atoms with E-state index in [1.165, 1.54) is 10.9 Å². The zero-order valence-corrected chi connectivity index (χ0v) is 13.4. The van der Waals surface area contributed by atoms with E-state index in [4.69, 9.17) is 0 Å². The SMILES string of the molecule is O=C(C1=NCCc2c1[nH]c1ccccc21)c1ccc(Br)cc1. The minimum atomic E-state index is -0.0278. The largest absolute Gasteiger partial charge is 0.353 e. The van der Waals surface area contributed by atoms with Gasteiger partial charge in [0.05, 0.1) is 5.69 Å². The topological polar surface area (TPSA) is 45.2 Å². The number of fused-ring (bicyclic) bond motifs is 3. The molecule has 3 nitrogen and oxygen atoms in total. The number of aromatic nitrogens is 1. The summed E-state index contributed by atoms with van der Waals surface area (Å²) in [5.41, 5.74) is 4.34. The zero-order valence-electron chi connectivity index (χ0n) is 11.8. The molecular weight excluding hydrogens is 340 g/mol. The van der Waals surface area contributed by atoms with Crippen LogP contribution in [0.5, 0.6) is 0 Å². The van der Waals surface area contributed by atoms with Gasteiger partial charge in [-0.15, -0.1) is 0 Å². The van der Waals surface area contributed by atoms with Crippen molar-refractivity contribution in [2.45, 2.75) is 6.42 Å². The van der Waals surface area contributed by atoms with Gasteiger partial charge >= 0.3 is 0 Å². The molecule has 0 spiro atoms. The monoisotopic (exact) mass is 352 g/mol. The van der Waals surface area contributed by atoms with E-state index < -0.39 is 0 Å². The first-order chi connectivity index (χ1) is 10.7. The number of rotatable bonds is 2. The Balaban J connectivity index is 1.82. The van der Waals surface area contributed by atoms with Gasteiger partial charge in [0.25, 0.3) is 0 Å². The third kappa shape index (κ3) is 2.11. The molecule has 0 radical (unpaired) electrons. The number of carbonyl (C=O) groups is 1. The average Bonchev–Trinajstić information content (AvgIpc) is 2.93. The molecule has 1 N–H and O–H groups in total. The molecule has 1 aromatic heterocycles. The summed E-state index contributed by atoms with van der Waals surface area (Å²) in [6, 6.07) is 15.6. The van der Waals surface area contributed by atoms with E-state index in [2.05, 4.69) is 32.0 Å². The van der Waals surface area contributed by atoms with Crippen molar-refractivity contribution >= 4 is 38.3 Å². The van der Waals surface area contributed by atoms with Crippen molar-refractivity contribution in [2.24, 2.45) is 4.99 Å². The van der Waals surface area contributed by atoms with Gasteiger partial charge in [-0.2, -0.15) is 0 Å². The highest BCUT2D eigenvalue weighted by molar-refractivity contribution is 9.10. The maximum atomic E-state index is 12.8. The van der Waals surface area contributed by atoms with Gasteiger partial charge in [0.1, 0.15) is 5.71 Å². The number of carbonyl (C=O) groups excluding carboxylic acids is 1. The second-order valence-corrected chi connectivity index (χ2v) is 6.26. The first-order valence-electron chi connectivity index (χ1n) is 7.19. The van der Waals surface area contributed by atoms with Crippen molar-refractivity contribution in [1.29, 1.82) is 0 Å². The molecule has 22 heavy (non-hydrogen) atoms. The first kappa shape index (κ1) is 13.5. The molecule has 3 aromatic rings. The minimum absolute atomic E-state index is 0.0278. The Morgan fingerprint density at radius 1 is 1.09 bits per heavy atom. The normalized spacial score (nSPS) is 13.8. The van der Waals surface area contributed by atoms with Crippen LogP contribution < -0.4 is 0 Å². The number of nitrogens with one attached hydrogen (secondary N) is 1. The maximum absolute atomic E-state index is 12.8. The summed E-state index contributed by atoms with van der Waals surface area (Å²) in [4.78, 5) is 20.6. The van der Waals surface area contributed by atoms with Gasteiger partial charge in [-0.3, -0.25) is 9.79 Å². The molecule has 0 atom stereocenters. The van der Waals surface area contributed by atoms with Crippen LogP contribution in [0.1, 0.15) is 21.6 Å². The van der Waals surface area contributed by atoms with Gasteiger partial charge < -0.3 is 4.98 Å². The van der Waals surface area contributed by atoms with E-state index in [-0.39, 0.29) is 5.78 Å². The summed E-state index contributed by atoms with van der Waals surface area (Å²) in [6.45, 7) is 0.659. The predicted octanol–water partition coefficient (Wildman–Crippen LogP) is 4.16. The molecular formula is C18H13BrN2O. The lowest BCUT2D eigenvalue weighted by molar-refractivity contribution is 0.106. The van der Waals surface area contributed by atoms with Gasteiger partial charge in [0.15, 0.2) is 0 Å². The molecule has 4 rings (SSSR count). The molecule has 108 valence electrons. The Kier molecular flexibility index (Phi) is 3.19.